The molecule has 2 aromatic carbocycles. The third-order valence-corrected chi connectivity index (χ3v) is 9.03. The minimum atomic E-state index is -3.70. The fourth-order valence-electron chi connectivity index (χ4n) is 4.28. The predicted octanol–water partition coefficient (Wildman–Crippen LogP) is 4.30. The quantitative estimate of drug-likeness (QED) is 0.581. The summed E-state index contributed by atoms with van der Waals surface area (Å²) in [6, 6.07) is 10.8. The number of nitrogens with one attached hydrogen (secondary N) is 1. The number of aryl methyl sites for hydroxylation is 2. The van der Waals surface area contributed by atoms with E-state index in [1.807, 2.05) is 45.9 Å². The van der Waals surface area contributed by atoms with Crippen LogP contribution in [0.15, 0.2) is 46.1 Å². The van der Waals surface area contributed by atoms with Crippen LogP contribution in [0.3, 0.4) is 0 Å². The molecule has 0 saturated carbocycles. The highest BCUT2D eigenvalue weighted by Gasteiger charge is 2.32. The van der Waals surface area contributed by atoms with Crippen LogP contribution in [-0.4, -0.2) is 36.3 Å². The van der Waals surface area contributed by atoms with Crippen LogP contribution >= 0.6 is 11.3 Å². The number of benzene rings is 2. The van der Waals surface area contributed by atoms with Gasteiger partial charge in [-0.05, 0) is 75.9 Å². The molecule has 1 N–H and O–H groups in total. The van der Waals surface area contributed by atoms with Crippen LogP contribution in [0.25, 0.3) is 10.2 Å². The van der Waals surface area contributed by atoms with Gasteiger partial charge in [-0.15, -0.1) is 0 Å². The summed E-state index contributed by atoms with van der Waals surface area (Å²) in [4.78, 5) is 25.2. The first kappa shape index (κ1) is 23.7. The third-order valence-electron chi connectivity index (χ3n) is 6.21. The predicted molar refractivity (Wildman–Crippen MR) is 132 cm³/mol. The van der Waals surface area contributed by atoms with Crippen LogP contribution in [0.2, 0.25) is 0 Å². The Bertz CT molecular complexity index is 1360. The molecular weight excluding hydrogens is 458 g/mol. The van der Waals surface area contributed by atoms with Gasteiger partial charge >= 0.3 is 4.87 Å². The molecule has 1 aliphatic heterocycles. The topological polar surface area (TPSA) is 88.5 Å². The number of rotatable bonds is 5. The molecule has 0 unspecified atom stereocenters. The second-order valence-electron chi connectivity index (χ2n) is 8.95. The fourth-order valence-corrected chi connectivity index (χ4v) is 6.90. The maximum atomic E-state index is 13.3. The monoisotopic (exact) mass is 487 g/mol. The molecule has 2 heterocycles. The summed E-state index contributed by atoms with van der Waals surface area (Å²) in [5.41, 5.74) is 3.62. The number of thiazole rings is 1. The van der Waals surface area contributed by atoms with E-state index in [4.69, 9.17) is 0 Å². The van der Waals surface area contributed by atoms with Crippen molar-refractivity contribution in [2.24, 2.45) is 5.92 Å². The molecule has 176 valence electrons. The summed E-state index contributed by atoms with van der Waals surface area (Å²) in [5, 5.41) is 3.01. The van der Waals surface area contributed by atoms with Gasteiger partial charge in [-0.1, -0.05) is 23.5 Å². The number of fused-ring (bicyclic) bond motifs is 1. The van der Waals surface area contributed by atoms with E-state index >= 15 is 0 Å². The summed E-state index contributed by atoms with van der Waals surface area (Å²) in [6.45, 7) is 8.36. The standard InChI is InChI=1S/C24H29N3O4S2/c1-15(2)27-21-8-7-19(14-22(21)32-24(27)29)33(30,31)26-11-9-18(10-12-26)23(28)25-20-13-16(3)5-6-17(20)4/h5-8,13-15,18H,9-12H2,1-4H3,(H,25,28). The average molecular weight is 488 g/mol. The summed E-state index contributed by atoms with van der Waals surface area (Å²) < 4.78 is 30.3. The van der Waals surface area contributed by atoms with E-state index in [1.54, 1.807) is 22.8 Å². The Kier molecular flexibility index (Phi) is 6.48. The Morgan fingerprint density at radius 3 is 2.45 bits per heavy atom. The minimum absolute atomic E-state index is 0.00229. The second-order valence-corrected chi connectivity index (χ2v) is 11.9. The van der Waals surface area contributed by atoms with Gasteiger partial charge in [0.05, 0.1) is 15.1 Å². The Hall–Kier alpha value is -2.49. The molecular formula is C24H29N3O4S2. The second kappa shape index (κ2) is 9.04. The Labute approximate surface area is 198 Å². The van der Waals surface area contributed by atoms with E-state index < -0.39 is 10.0 Å². The lowest BCUT2D eigenvalue weighted by Crippen LogP contribution is -2.41. The molecule has 0 atom stereocenters. The molecule has 7 nitrogen and oxygen atoms in total. The number of aromatic nitrogens is 1. The van der Waals surface area contributed by atoms with Crippen LogP contribution in [-0.2, 0) is 14.8 Å². The molecule has 3 aromatic rings. The number of amides is 1. The fraction of sp³-hybridized carbons (Fsp3) is 0.417. The first-order valence-corrected chi connectivity index (χ1v) is 13.4. The molecule has 0 spiro atoms. The van der Waals surface area contributed by atoms with Gasteiger partial charge in [-0.25, -0.2) is 8.42 Å². The van der Waals surface area contributed by atoms with Gasteiger partial charge in [-0.3, -0.25) is 14.2 Å². The Balaban J connectivity index is 1.47. The van der Waals surface area contributed by atoms with E-state index in [2.05, 4.69) is 5.32 Å². The Morgan fingerprint density at radius 1 is 1.09 bits per heavy atom. The van der Waals surface area contributed by atoms with Gasteiger partial charge in [0.2, 0.25) is 15.9 Å². The average Bonchev–Trinajstić information content (AvgIpc) is 3.11. The summed E-state index contributed by atoms with van der Waals surface area (Å²) in [6.07, 6.45) is 0.935. The van der Waals surface area contributed by atoms with Crippen molar-refractivity contribution in [1.29, 1.82) is 0 Å². The van der Waals surface area contributed by atoms with E-state index in [1.165, 1.54) is 4.31 Å². The van der Waals surface area contributed by atoms with Gasteiger partial charge in [0, 0.05) is 30.7 Å². The number of piperidine rings is 1. The van der Waals surface area contributed by atoms with E-state index in [0.717, 1.165) is 33.7 Å². The number of anilines is 1. The van der Waals surface area contributed by atoms with Crippen LogP contribution in [0.5, 0.6) is 0 Å². The highest BCUT2D eigenvalue weighted by atomic mass is 32.2. The maximum absolute atomic E-state index is 13.3. The molecule has 0 aliphatic carbocycles. The van der Waals surface area contributed by atoms with Crippen molar-refractivity contribution in [2.45, 2.75) is 51.5 Å². The molecule has 33 heavy (non-hydrogen) atoms. The van der Waals surface area contributed by atoms with Crippen molar-refractivity contribution in [1.82, 2.24) is 8.87 Å². The van der Waals surface area contributed by atoms with Crippen molar-refractivity contribution in [3.05, 3.63) is 57.2 Å². The van der Waals surface area contributed by atoms with Gasteiger partial charge in [0.25, 0.3) is 0 Å². The molecule has 0 bridgehead atoms. The maximum Gasteiger partial charge on any atom is 0.308 e. The summed E-state index contributed by atoms with van der Waals surface area (Å²) in [5.74, 6) is -0.300. The molecule has 1 fully saturated rings. The van der Waals surface area contributed by atoms with Crippen molar-refractivity contribution in [3.8, 4) is 0 Å². The Morgan fingerprint density at radius 2 is 1.79 bits per heavy atom. The van der Waals surface area contributed by atoms with Crippen molar-refractivity contribution in [2.75, 3.05) is 18.4 Å². The lowest BCUT2D eigenvalue weighted by atomic mass is 9.97. The van der Waals surface area contributed by atoms with Crippen LogP contribution in [0.4, 0.5) is 5.69 Å². The first-order chi connectivity index (χ1) is 15.6. The summed E-state index contributed by atoms with van der Waals surface area (Å²) >= 11 is 1.06. The van der Waals surface area contributed by atoms with Crippen LogP contribution < -0.4 is 10.2 Å². The van der Waals surface area contributed by atoms with Crippen molar-refractivity contribution >= 4 is 43.2 Å². The number of nitrogens with zero attached hydrogens (tertiary/aromatic N) is 2. The number of carbonyl (C=O) groups is 1. The molecule has 1 saturated heterocycles. The van der Waals surface area contributed by atoms with Gasteiger partial charge in [-0.2, -0.15) is 4.31 Å². The van der Waals surface area contributed by atoms with E-state index in [9.17, 15) is 18.0 Å². The van der Waals surface area contributed by atoms with Gasteiger partial charge < -0.3 is 5.32 Å². The van der Waals surface area contributed by atoms with Crippen molar-refractivity contribution in [3.63, 3.8) is 0 Å². The SMILES string of the molecule is Cc1ccc(C)c(NC(=O)C2CCN(S(=O)(=O)c3ccc4c(c3)sc(=O)n4C(C)C)CC2)c1. The highest BCUT2D eigenvalue weighted by molar-refractivity contribution is 7.89. The third kappa shape index (κ3) is 4.62. The lowest BCUT2D eigenvalue weighted by Gasteiger charge is -2.30. The number of hydrogen-bond acceptors (Lipinski definition) is 5. The normalized spacial score (nSPS) is 15.9. The smallest absolute Gasteiger partial charge is 0.308 e. The van der Waals surface area contributed by atoms with Crippen LogP contribution in [0.1, 0.15) is 43.9 Å². The first-order valence-electron chi connectivity index (χ1n) is 11.1. The minimum Gasteiger partial charge on any atom is -0.326 e. The zero-order valence-electron chi connectivity index (χ0n) is 19.3. The molecule has 1 amide bonds. The molecule has 1 aliphatic rings. The lowest BCUT2D eigenvalue weighted by molar-refractivity contribution is -0.120. The molecule has 9 heteroatoms. The number of hydrogen-bond donors (Lipinski definition) is 1. The number of carbonyl (C=O) groups excluding carboxylic acids is 1. The molecule has 4 rings (SSSR count). The highest BCUT2D eigenvalue weighted by Crippen LogP contribution is 2.29. The molecule has 0 radical (unpaired) electrons. The van der Waals surface area contributed by atoms with Gasteiger partial charge in [0.1, 0.15) is 0 Å². The number of sulfonamides is 1. The van der Waals surface area contributed by atoms with E-state index in [-0.39, 0.29) is 40.7 Å². The zero-order chi connectivity index (χ0) is 23.9. The largest absolute Gasteiger partial charge is 0.326 e. The van der Waals surface area contributed by atoms with Crippen LogP contribution in [0, 0.1) is 19.8 Å². The van der Waals surface area contributed by atoms with Crippen molar-refractivity contribution < 1.29 is 13.2 Å². The van der Waals surface area contributed by atoms with Gasteiger partial charge in [0.15, 0.2) is 0 Å². The van der Waals surface area contributed by atoms with E-state index in [0.29, 0.717) is 17.5 Å². The zero-order valence-corrected chi connectivity index (χ0v) is 20.9. The summed E-state index contributed by atoms with van der Waals surface area (Å²) in [7, 11) is -3.70. The molecule has 1 aromatic heterocycles.